The van der Waals surface area contributed by atoms with E-state index < -0.39 is 17.8 Å². The zero-order chi connectivity index (χ0) is 10.3. The van der Waals surface area contributed by atoms with Gasteiger partial charge < -0.3 is 14.8 Å². The molecule has 13 heavy (non-hydrogen) atoms. The van der Waals surface area contributed by atoms with Gasteiger partial charge >= 0.3 is 5.97 Å². The fraction of sp³-hybridized carbons (Fsp3) is 0.714. The van der Waals surface area contributed by atoms with Crippen molar-refractivity contribution < 1.29 is 19.1 Å². The smallest absolute Gasteiger partial charge is 0.328 e. The van der Waals surface area contributed by atoms with Crippen molar-refractivity contribution in [1.82, 2.24) is 5.32 Å². The van der Waals surface area contributed by atoms with Gasteiger partial charge in [-0.15, -0.1) is 0 Å². The molecule has 1 unspecified atom stereocenters. The van der Waals surface area contributed by atoms with Crippen LogP contribution in [0, 0.1) is 0 Å². The van der Waals surface area contributed by atoms with Crippen LogP contribution in [0.1, 0.15) is 6.42 Å². The van der Waals surface area contributed by atoms with E-state index >= 15 is 0 Å². The summed E-state index contributed by atoms with van der Waals surface area (Å²) in [7, 11) is 7.60. The van der Waals surface area contributed by atoms with Crippen LogP contribution in [-0.2, 0) is 14.3 Å². The van der Waals surface area contributed by atoms with Gasteiger partial charge in [-0.1, -0.05) is 0 Å². The minimum absolute atomic E-state index is 0.339. The van der Waals surface area contributed by atoms with Crippen LogP contribution >= 0.6 is 0 Å². The maximum atomic E-state index is 11.0. The van der Waals surface area contributed by atoms with E-state index in [1.54, 1.807) is 0 Å². The SMILES string of the molecule is [B]C(=O)NC(CCOC)C(=O)OC. The Morgan fingerprint density at radius 1 is 1.46 bits per heavy atom. The molecule has 0 aromatic rings. The Bertz CT molecular complexity index is 185. The minimum atomic E-state index is -0.758. The van der Waals surface area contributed by atoms with Gasteiger partial charge in [0.2, 0.25) is 7.85 Å². The lowest BCUT2D eigenvalue weighted by Crippen LogP contribution is -2.41. The highest BCUT2D eigenvalue weighted by atomic mass is 16.5. The third kappa shape index (κ3) is 5.24. The van der Waals surface area contributed by atoms with Crippen LogP contribution in [0.3, 0.4) is 0 Å². The van der Waals surface area contributed by atoms with Crippen LogP contribution in [-0.4, -0.2) is 46.5 Å². The van der Waals surface area contributed by atoms with E-state index in [-0.39, 0.29) is 0 Å². The average Bonchev–Trinajstić information content (AvgIpc) is 2.10. The highest BCUT2D eigenvalue weighted by molar-refractivity contribution is 6.57. The molecule has 5 nitrogen and oxygen atoms in total. The van der Waals surface area contributed by atoms with Gasteiger partial charge in [-0.2, -0.15) is 0 Å². The number of methoxy groups -OCH3 is 2. The predicted octanol–water partition coefficient (Wildman–Crippen LogP) is -0.557. The first-order valence-corrected chi connectivity index (χ1v) is 3.74. The van der Waals surface area contributed by atoms with Crippen LogP contribution in [0.15, 0.2) is 0 Å². The molecule has 72 valence electrons. The van der Waals surface area contributed by atoms with Gasteiger partial charge in [0.15, 0.2) is 5.81 Å². The number of esters is 1. The largest absolute Gasteiger partial charge is 0.467 e. The van der Waals surface area contributed by atoms with Crippen LogP contribution in [0.2, 0.25) is 0 Å². The van der Waals surface area contributed by atoms with Gasteiger partial charge in [0.05, 0.1) is 7.11 Å². The highest BCUT2D eigenvalue weighted by Gasteiger charge is 2.18. The summed E-state index contributed by atoms with van der Waals surface area (Å²) in [6.07, 6.45) is 0.339. The van der Waals surface area contributed by atoms with Crippen molar-refractivity contribution in [3.8, 4) is 0 Å². The first-order valence-electron chi connectivity index (χ1n) is 3.74. The zero-order valence-electron chi connectivity index (χ0n) is 7.70. The van der Waals surface area contributed by atoms with Crippen molar-refractivity contribution in [1.29, 1.82) is 0 Å². The molecule has 0 bridgehead atoms. The molecule has 0 saturated heterocycles. The van der Waals surface area contributed by atoms with Gasteiger partial charge in [-0.05, 0) is 0 Å². The molecule has 0 aromatic carbocycles. The first kappa shape index (κ1) is 12.0. The molecule has 0 aliphatic rings. The third-order valence-electron chi connectivity index (χ3n) is 1.41. The number of hydrogen-bond acceptors (Lipinski definition) is 4. The second kappa shape index (κ2) is 6.48. The molecule has 1 amide bonds. The lowest BCUT2D eigenvalue weighted by Gasteiger charge is -2.14. The maximum absolute atomic E-state index is 11.0. The number of carbonyl (C=O) groups excluding carboxylic acids is 2. The quantitative estimate of drug-likeness (QED) is 0.460. The lowest BCUT2D eigenvalue weighted by atomic mass is 10.1. The van der Waals surface area contributed by atoms with Gasteiger partial charge in [-0.25, -0.2) is 4.79 Å². The molecule has 0 aromatic heterocycles. The fourth-order valence-corrected chi connectivity index (χ4v) is 0.799. The summed E-state index contributed by atoms with van der Waals surface area (Å²) >= 11 is 0. The topological polar surface area (TPSA) is 64.6 Å². The summed E-state index contributed by atoms with van der Waals surface area (Å²) in [6.45, 7) is 0.347. The van der Waals surface area contributed by atoms with Crippen molar-refractivity contribution in [2.24, 2.45) is 0 Å². The molecule has 0 aliphatic heterocycles. The van der Waals surface area contributed by atoms with E-state index in [9.17, 15) is 9.59 Å². The highest BCUT2D eigenvalue weighted by Crippen LogP contribution is 1.95. The molecular weight excluding hydrogens is 173 g/mol. The molecule has 0 heterocycles. The van der Waals surface area contributed by atoms with Crippen LogP contribution in [0.5, 0.6) is 0 Å². The summed E-state index contributed by atoms with van der Waals surface area (Å²) in [5.41, 5.74) is 0. The van der Waals surface area contributed by atoms with Crippen molar-refractivity contribution in [3.63, 3.8) is 0 Å². The number of ether oxygens (including phenoxy) is 2. The lowest BCUT2D eigenvalue weighted by molar-refractivity contribution is -0.143. The molecule has 0 aliphatic carbocycles. The zero-order valence-corrected chi connectivity index (χ0v) is 7.70. The van der Waals surface area contributed by atoms with Crippen molar-refractivity contribution >= 4 is 19.6 Å². The van der Waals surface area contributed by atoms with Gasteiger partial charge in [0, 0.05) is 20.1 Å². The number of nitrogens with one attached hydrogen (secondary N) is 1. The van der Waals surface area contributed by atoms with Crippen molar-refractivity contribution in [2.45, 2.75) is 12.5 Å². The number of carbonyl (C=O) groups is 2. The van der Waals surface area contributed by atoms with Gasteiger partial charge in [0.25, 0.3) is 0 Å². The minimum Gasteiger partial charge on any atom is -0.467 e. The standard InChI is InChI=1S/C7H12BNO4/c1-12-4-3-5(6(10)13-2)9-7(8)11/h5H,3-4H2,1-2H3,(H,9,11). The summed E-state index contributed by atoms with van der Waals surface area (Å²) in [5, 5.41) is 2.25. The van der Waals surface area contributed by atoms with E-state index in [1.807, 2.05) is 0 Å². The molecular formula is C7H12BNO4. The second-order valence-corrected chi connectivity index (χ2v) is 2.37. The Balaban J connectivity index is 4.02. The predicted molar refractivity (Wildman–Crippen MR) is 46.6 cm³/mol. The van der Waals surface area contributed by atoms with Crippen LogP contribution in [0.25, 0.3) is 0 Å². The molecule has 0 saturated carbocycles. The molecule has 0 rings (SSSR count). The average molecular weight is 185 g/mol. The fourth-order valence-electron chi connectivity index (χ4n) is 0.799. The maximum Gasteiger partial charge on any atom is 0.328 e. The summed E-state index contributed by atoms with van der Waals surface area (Å²) in [6, 6.07) is -0.734. The van der Waals surface area contributed by atoms with Gasteiger partial charge in [0.1, 0.15) is 6.04 Å². The normalized spacial score (nSPS) is 11.8. The Morgan fingerprint density at radius 2 is 2.08 bits per heavy atom. The van der Waals surface area contributed by atoms with Crippen LogP contribution in [0.4, 0.5) is 4.79 Å². The Morgan fingerprint density at radius 3 is 2.46 bits per heavy atom. The molecule has 2 radical (unpaired) electrons. The Labute approximate surface area is 78.2 Å². The van der Waals surface area contributed by atoms with Crippen molar-refractivity contribution in [2.75, 3.05) is 20.8 Å². The van der Waals surface area contributed by atoms with Crippen molar-refractivity contribution in [3.05, 3.63) is 0 Å². The number of amides is 1. The monoisotopic (exact) mass is 185 g/mol. The summed E-state index contributed by atoms with van der Waals surface area (Å²) in [5.74, 6) is -1.29. The van der Waals surface area contributed by atoms with Gasteiger partial charge in [-0.3, -0.25) is 4.79 Å². The molecule has 0 fully saturated rings. The van der Waals surface area contributed by atoms with E-state index in [0.29, 0.717) is 13.0 Å². The van der Waals surface area contributed by atoms with E-state index in [1.165, 1.54) is 14.2 Å². The molecule has 1 N–H and O–H groups in total. The summed E-state index contributed by atoms with van der Waals surface area (Å²) in [4.78, 5) is 21.5. The van der Waals surface area contributed by atoms with E-state index in [2.05, 4.69) is 10.1 Å². The summed E-state index contributed by atoms with van der Waals surface area (Å²) < 4.78 is 9.19. The first-order chi connectivity index (χ1) is 6.11. The Hall–Kier alpha value is -1.04. The number of rotatable bonds is 5. The Kier molecular flexibility index (Phi) is 5.96. The molecule has 0 spiro atoms. The van der Waals surface area contributed by atoms with E-state index in [4.69, 9.17) is 12.6 Å². The van der Waals surface area contributed by atoms with E-state index in [0.717, 1.165) is 0 Å². The second-order valence-electron chi connectivity index (χ2n) is 2.37. The third-order valence-corrected chi connectivity index (χ3v) is 1.41. The molecule has 6 heteroatoms. The van der Waals surface area contributed by atoms with Crippen LogP contribution < -0.4 is 5.32 Å². The number of hydrogen-bond donors (Lipinski definition) is 1. The molecule has 1 atom stereocenters.